The summed E-state index contributed by atoms with van der Waals surface area (Å²) < 4.78 is 5.50. The Bertz CT molecular complexity index is 736. The van der Waals surface area contributed by atoms with E-state index in [0.717, 1.165) is 11.8 Å². The molecule has 0 aliphatic rings. The summed E-state index contributed by atoms with van der Waals surface area (Å²) in [5.41, 5.74) is 1.92. The van der Waals surface area contributed by atoms with Gasteiger partial charge in [0, 0.05) is 11.1 Å². The van der Waals surface area contributed by atoms with Crippen molar-refractivity contribution in [3.05, 3.63) is 71.6 Å². The molecule has 1 aromatic heterocycles. The molecule has 1 unspecified atom stereocenters. The summed E-state index contributed by atoms with van der Waals surface area (Å²) in [5, 5.41) is 18.0. The predicted octanol–water partition coefficient (Wildman–Crippen LogP) is 2.63. The Morgan fingerprint density at radius 2 is 1.71 bits per heavy atom. The van der Waals surface area contributed by atoms with E-state index in [2.05, 4.69) is 10.2 Å². The zero-order valence-corrected chi connectivity index (χ0v) is 11.0. The van der Waals surface area contributed by atoms with Gasteiger partial charge in [-0.15, -0.1) is 10.2 Å². The number of rotatable bonds is 4. The van der Waals surface area contributed by atoms with Gasteiger partial charge in [-0.1, -0.05) is 42.5 Å². The van der Waals surface area contributed by atoms with Gasteiger partial charge in [-0.2, -0.15) is 0 Å². The monoisotopic (exact) mass is 280 g/mol. The van der Waals surface area contributed by atoms with Crippen LogP contribution in [0.1, 0.15) is 27.9 Å². The lowest BCUT2D eigenvalue weighted by Gasteiger charge is -2.06. The van der Waals surface area contributed by atoms with Crippen LogP contribution in [0.3, 0.4) is 0 Å². The molecule has 0 bridgehead atoms. The molecule has 0 spiro atoms. The number of carbonyl (C=O) groups excluding carboxylic acids is 1. The van der Waals surface area contributed by atoms with Gasteiger partial charge in [0.2, 0.25) is 11.8 Å². The molecule has 0 amide bonds. The Hall–Kier alpha value is -2.79. The quantitative estimate of drug-likeness (QED) is 0.743. The van der Waals surface area contributed by atoms with E-state index in [9.17, 15) is 9.90 Å². The fourth-order valence-corrected chi connectivity index (χ4v) is 1.94. The van der Waals surface area contributed by atoms with Gasteiger partial charge < -0.3 is 9.52 Å². The fraction of sp³-hybridized carbons (Fsp3) is 0.0625. The largest absolute Gasteiger partial charge is 0.417 e. The number of hydrogen-bond donors (Lipinski definition) is 1. The summed E-state index contributed by atoms with van der Waals surface area (Å²) in [7, 11) is 0. The van der Waals surface area contributed by atoms with Crippen molar-refractivity contribution in [3.8, 4) is 11.5 Å². The van der Waals surface area contributed by atoms with Crippen LogP contribution in [0.15, 0.2) is 59.0 Å². The Kier molecular flexibility index (Phi) is 3.57. The molecule has 2 aromatic carbocycles. The third-order valence-electron chi connectivity index (χ3n) is 3.08. The SMILES string of the molecule is O=Cc1ccc(C(O)c2nnc(-c3ccccc3)o2)cc1. The first-order chi connectivity index (χ1) is 10.3. The summed E-state index contributed by atoms with van der Waals surface area (Å²) in [6, 6.07) is 15.9. The van der Waals surface area contributed by atoms with Crippen molar-refractivity contribution in [3.63, 3.8) is 0 Å². The number of aliphatic hydroxyl groups excluding tert-OH is 1. The lowest BCUT2D eigenvalue weighted by molar-refractivity contribution is 0.112. The molecule has 1 heterocycles. The van der Waals surface area contributed by atoms with Crippen LogP contribution >= 0.6 is 0 Å². The lowest BCUT2D eigenvalue weighted by Crippen LogP contribution is -2.00. The molecule has 0 aliphatic heterocycles. The highest BCUT2D eigenvalue weighted by Crippen LogP contribution is 2.24. The van der Waals surface area contributed by atoms with Gasteiger partial charge in [-0.3, -0.25) is 4.79 Å². The second kappa shape index (κ2) is 5.68. The molecule has 0 aliphatic carbocycles. The van der Waals surface area contributed by atoms with E-state index in [1.165, 1.54) is 0 Å². The van der Waals surface area contributed by atoms with Crippen molar-refractivity contribution in [1.82, 2.24) is 10.2 Å². The third kappa shape index (κ3) is 2.73. The minimum Gasteiger partial charge on any atom is -0.417 e. The summed E-state index contributed by atoms with van der Waals surface area (Å²) >= 11 is 0. The van der Waals surface area contributed by atoms with Crippen LogP contribution in [0.25, 0.3) is 11.5 Å². The van der Waals surface area contributed by atoms with Crippen molar-refractivity contribution < 1.29 is 14.3 Å². The van der Waals surface area contributed by atoms with Crippen molar-refractivity contribution >= 4 is 6.29 Å². The van der Waals surface area contributed by atoms with Crippen LogP contribution in [0.2, 0.25) is 0 Å². The van der Waals surface area contributed by atoms with Crippen molar-refractivity contribution in [2.24, 2.45) is 0 Å². The lowest BCUT2D eigenvalue weighted by atomic mass is 10.1. The Labute approximate surface area is 120 Å². The molecule has 104 valence electrons. The highest BCUT2D eigenvalue weighted by Gasteiger charge is 2.18. The number of nitrogens with zero attached hydrogens (tertiary/aromatic N) is 2. The molecule has 1 N–H and O–H groups in total. The molecule has 3 aromatic rings. The highest BCUT2D eigenvalue weighted by molar-refractivity contribution is 5.74. The second-order valence-electron chi connectivity index (χ2n) is 4.50. The van der Waals surface area contributed by atoms with E-state index in [1.807, 2.05) is 30.3 Å². The number of carbonyl (C=O) groups is 1. The highest BCUT2D eigenvalue weighted by atomic mass is 16.4. The first kappa shape index (κ1) is 13.2. The van der Waals surface area contributed by atoms with Gasteiger partial charge >= 0.3 is 0 Å². The first-order valence-corrected chi connectivity index (χ1v) is 6.40. The standard InChI is InChI=1S/C16H12N2O3/c19-10-11-6-8-12(9-7-11)14(20)16-18-17-15(21-16)13-4-2-1-3-5-13/h1-10,14,20H. The zero-order chi connectivity index (χ0) is 14.7. The smallest absolute Gasteiger partial charge is 0.249 e. The van der Waals surface area contributed by atoms with E-state index >= 15 is 0 Å². The van der Waals surface area contributed by atoms with Gasteiger partial charge in [0.25, 0.3) is 0 Å². The van der Waals surface area contributed by atoms with E-state index in [4.69, 9.17) is 4.42 Å². The molecule has 21 heavy (non-hydrogen) atoms. The number of aromatic nitrogens is 2. The van der Waals surface area contributed by atoms with Gasteiger partial charge in [-0.25, -0.2) is 0 Å². The topological polar surface area (TPSA) is 76.2 Å². The van der Waals surface area contributed by atoms with Crippen LogP contribution in [-0.2, 0) is 0 Å². The van der Waals surface area contributed by atoms with Gasteiger partial charge in [0.1, 0.15) is 6.29 Å². The molecular weight excluding hydrogens is 268 g/mol. The number of aliphatic hydroxyl groups is 1. The maximum absolute atomic E-state index is 10.6. The number of benzene rings is 2. The molecule has 3 rings (SSSR count). The van der Waals surface area contributed by atoms with E-state index < -0.39 is 6.10 Å². The summed E-state index contributed by atoms with van der Waals surface area (Å²) in [5.74, 6) is 0.474. The van der Waals surface area contributed by atoms with Gasteiger partial charge in [0.05, 0.1) is 0 Å². The van der Waals surface area contributed by atoms with Crippen molar-refractivity contribution in [1.29, 1.82) is 0 Å². The van der Waals surface area contributed by atoms with E-state index in [0.29, 0.717) is 17.0 Å². The summed E-state index contributed by atoms with van der Waals surface area (Å²) in [6.45, 7) is 0. The summed E-state index contributed by atoms with van der Waals surface area (Å²) in [6.07, 6.45) is -0.272. The average Bonchev–Trinajstić information content (AvgIpc) is 3.05. The number of aldehydes is 1. The number of hydrogen-bond acceptors (Lipinski definition) is 5. The van der Waals surface area contributed by atoms with Crippen LogP contribution in [0.4, 0.5) is 0 Å². The minimum atomic E-state index is -1.02. The molecule has 0 saturated carbocycles. The molecule has 5 heteroatoms. The molecule has 5 nitrogen and oxygen atoms in total. The minimum absolute atomic E-state index is 0.118. The molecule has 0 fully saturated rings. The summed E-state index contributed by atoms with van der Waals surface area (Å²) in [4.78, 5) is 10.6. The second-order valence-corrected chi connectivity index (χ2v) is 4.50. The molecule has 1 atom stereocenters. The predicted molar refractivity (Wildman–Crippen MR) is 75.6 cm³/mol. The Morgan fingerprint density at radius 3 is 2.38 bits per heavy atom. The van der Waals surface area contributed by atoms with E-state index in [-0.39, 0.29) is 5.89 Å². The normalized spacial score (nSPS) is 12.0. The molecular formula is C16H12N2O3. The molecule has 0 radical (unpaired) electrons. The third-order valence-corrected chi connectivity index (χ3v) is 3.08. The van der Waals surface area contributed by atoms with Gasteiger partial charge in [0.15, 0.2) is 6.10 Å². The first-order valence-electron chi connectivity index (χ1n) is 6.40. The zero-order valence-electron chi connectivity index (χ0n) is 11.0. The van der Waals surface area contributed by atoms with Crippen LogP contribution in [0.5, 0.6) is 0 Å². The molecule has 0 saturated heterocycles. The average molecular weight is 280 g/mol. The maximum Gasteiger partial charge on any atom is 0.249 e. The van der Waals surface area contributed by atoms with Gasteiger partial charge in [-0.05, 0) is 17.7 Å². The fourth-order valence-electron chi connectivity index (χ4n) is 1.94. The maximum atomic E-state index is 10.6. The van der Waals surface area contributed by atoms with E-state index in [1.54, 1.807) is 24.3 Å². The van der Waals surface area contributed by atoms with Crippen molar-refractivity contribution in [2.45, 2.75) is 6.10 Å². The Morgan fingerprint density at radius 1 is 1.00 bits per heavy atom. The van der Waals surface area contributed by atoms with Crippen molar-refractivity contribution in [2.75, 3.05) is 0 Å². The Balaban J connectivity index is 1.86. The van der Waals surface area contributed by atoms with Crippen LogP contribution < -0.4 is 0 Å². The van der Waals surface area contributed by atoms with Crippen LogP contribution in [-0.4, -0.2) is 21.6 Å². The van der Waals surface area contributed by atoms with Crippen LogP contribution in [0, 0.1) is 0 Å².